The second kappa shape index (κ2) is 5.88. The van der Waals surface area contributed by atoms with Crippen molar-refractivity contribution in [1.82, 2.24) is 0 Å². The van der Waals surface area contributed by atoms with Gasteiger partial charge in [0.2, 0.25) is 0 Å². The van der Waals surface area contributed by atoms with Crippen molar-refractivity contribution in [3.8, 4) is 0 Å². The molecule has 0 radical (unpaired) electrons. The summed E-state index contributed by atoms with van der Waals surface area (Å²) < 4.78 is 55.7. The van der Waals surface area contributed by atoms with Gasteiger partial charge >= 0.3 is 0 Å². The summed E-state index contributed by atoms with van der Waals surface area (Å²) in [5.41, 5.74) is -0.104. The molecule has 1 aromatic rings. The molecular weight excluding hydrogens is 284 g/mol. The predicted octanol–water partition coefficient (Wildman–Crippen LogP) is 5.13. The highest BCUT2D eigenvalue weighted by Gasteiger charge is 2.49. The predicted molar refractivity (Wildman–Crippen MR) is 77.0 cm³/mol. The van der Waals surface area contributed by atoms with E-state index in [0.717, 1.165) is 0 Å². The SMILES string of the molecule is CC(C)[Si](c1c(F)c(F)cc(F)c1F)(C(C)C)C(C)C. The van der Waals surface area contributed by atoms with Crippen LogP contribution in [0.3, 0.4) is 0 Å². The molecule has 20 heavy (non-hydrogen) atoms. The molecule has 0 amide bonds. The first-order valence-corrected chi connectivity index (χ1v) is 9.15. The van der Waals surface area contributed by atoms with Crippen LogP contribution in [0, 0.1) is 23.3 Å². The van der Waals surface area contributed by atoms with Crippen molar-refractivity contribution in [3.05, 3.63) is 29.3 Å². The van der Waals surface area contributed by atoms with Crippen molar-refractivity contribution < 1.29 is 17.6 Å². The molecule has 0 spiro atoms. The maximum atomic E-state index is 14.3. The third-order valence-electron chi connectivity index (χ3n) is 4.41. The Morgan fingerprint density at radius 2 is 1.00 bits per heavy atom. The Morgan fingerprint density at radius 1 is 0.700 bits per heavy atom. The summed E-state index contributed by atoms with van der Waals surface area (Å²) in [6.07, 6.45) is 0. The minimum atomic E-state index is -2.79. The molecule has 114 valence electrons. The first-order chi connectivity index (χ1) is 9.08. The third-order valence-corrected chi connectivity index (χ3v) is 11.4. The van der Waals surface area contributed by atoms with Gasteiger partial charge in [-0.2, -0.15) is 0 Å². The van der Waals surface area contributed by atoms with Gasteiger partial charge in [0.25, 0.3) is 0 Å². The van der Waals surface area contributed by atoms with Crippen molar-refractivity contribution in [1.29, 1.82) is 0 Å². The Hall–Kier alpha value is -0.843. The lowest BCUT2D eigenvalue weighted by atomic mass is 10.3. The maximum Gasteiger partial charge on any atom is 0.161 e. The fourth-order valence-corrected chi connectivity index (χ4v) is 10.6. The average molecular weight is 306 g/mol. The molecule has 0 fully saturated rings. The Labute approximate surface area is 119 Å². The van der Waals surface area contributed by atoms with Crippen LogP contribution >= 0.6 is 0 Å². The highest BCUT2D eigenvalue weighted by molar-refractivity contribution is 6.95. The van der Waals surface area contributed by atoms with E-state index in [4.69, 9.17) is 0 Å². The third kappa shape index (κ3) is 2.40. The Balaban J connectivity index is 3.84. The van der Waals surface area contributed by atoms with Crippen molar-refractivity contribution >= 4 is 13.3 Å². The number of halogens is 4. The van der Waals surface area contributed by atoms with E-state index in [9.17, 15) is 17.6 Å². The number of hydrogen-bond donors (Lipinski definition) is 0. The van der Waals surface area contributed by atoms with Gasteiger partial charge in [-0.1, -0.05) is 41.5 Å². The molecule has 5 heteroatoms. The molecule has 0 aromatic heterocycles. The van der Waals surface area contributed by atoms with E-state index in [1.54, 1.807) is 0 Å². The molecular formula is C15H22F4Si. The zero-order valence-corrected chi connectivity index (χ0v) is 13.8. The fraction of sp³-hybridized carbons (Fsp3) is 0.600. The van der Waals surface area contributed by atoms with Crippen molar-refractivity contribution in [2.45, 2.75) is 58.2 Å². The van der Waals surface area contributed by atoms with Gasteiger partial charge in [0, 0.05) is 11.3 Å². The molecule has 0 unspecified atom stereocenters. The van der Waals surface area contributed by atoms with Crippen molar-refractivity contribution in [2.75, 3.05) is 0 Å². The number of hydrogen-bond acceptors (Lipinski definition) is 0. The van der Waals surface area contributed by atoms with Crippen LogP contribution in [0.4, 0.5) is 17.6 Å². The molecule has 0 saturated heterocycles. The van der Waals surface area contributed by atoms with Gasteiger partial charge in [-0.05, 0) is 16.6 Å². The van der Waals surface area contributed by atoms with Crippen molar-refractivity contribution in [2.24, 2.45) is 0 Å². The smallest absolute Gasteiger partial charge is 0.161 e. The Morgan fingerprint density at radius 3 is 1.25 bits per heavy atom. The zero-order valence-electron chi connectivity index (χ0n) is 12.8. The van der Waals surface area contributed by atoms with Crippen molar-refractivity contribution in [3.63, 3.8) is 0 Å². The summed E-state index contributed by atoms with van der Waals surface area (Å²) in [6.45, 7) is 11.3. The van der Waals surface area contributed by atoms with Crippen LogP contribution in [0.25, 0.3) is 0 Å². The van der Waals surface area contributed by atoms with Gasteiger partial charge in [-0.25, -0.2) is 17.6 Å². The standard InChI is InChI=1S/C15H22F4Si/c1-8(2)20(9(3)4,10(5)6)15-13(18)11(16)7-12(17)14(15)19/h7-10H,1-6H3. The van der Waals surface area contributed by atoms with Gasteiger partial charge in [0.15, 0.2) is 23.3 Å². The summed E-state index contributed by atoms with van der Waals surface area (Å²) in [4.78, 5) is 0. The molecule has 0 aliphatic heterocycles. The molecule has 0 heterocycles. The van der Waals surface area contributed by atoms with Crippen LogP contribution in [-0.4, -0.2) is 8.07 Å². The Kier molecular flexibility index (Phi) is 5.06. The molecule has 0 aliphatic carbocycles. The van der Waals surface area contributed by atoms with Crippen LogP contribution < -0.4 is 5.19 Å². The molecule has 0 N–H and O–H groups in total. The van der Waals surface area contributed by atoms with Gasteiger partial charge in [0.1, 0.15) is 8.07 Å². The van der Waals surface area contributed by atoms with E-state index in [-0.39, 0.29) is 27.9 Å². The van der Waals surface area contributed by atoms with Gasteiger partial charge in [-0.15, -0.1) is 0 Å². The summed E-state index contributed by atoms with van der Waals surface area (Å²) in [7, 11) is -2.79. The van der Waals surface area contributed by atoms with Gasteiger partial charge in [0.05, 0.1) is 0 Å². The molecule has 0 saturated carbocycles. The fourth-order valence-electron chi connectivity index (χ4n) is 3.82. The summed E-state index contributed by atoms with van der Waals surface area (Å²) in [5, 5.41) is -0.324. The first kappa shape index (κ1) is 17.2. The van der Waals surface area contributed by atoms with E-state index >= 15 is 0 Å². The minimum Gasteiger partial charge on any atom is -0.204 e. The maximum absolute atomic E-state index is 14.3. The molecule has 0 aliphatic rings. The summed E-state index contributed by atoms with van der Waals surface area (Å²) in [6, 6.07) is 0.286. The second-order valence-electron chi connectivity index (χ2n) is 6.24. The van der Waals surface area contributed by atoms with E-state index in [0.29, 0.717) is 0 Å². The second-order valence-corrected chi connectivity index (χ2v) is 12.1. The lowest BCUT2D eigenvalue weighted by Crippen LogP contribution is -2.58. The van der Waals surface area contributed by atoms with Crippen LogP contribution in [0.5, 0.6) is 0 Å². The van der Waals surface area contributed by atoms with Crippen LogP contribution in [-0.2, 0) is 0 Å². The van der Waals surface area contributed by atoms with E-state index in [1.165, 1.54) is 0 Å². The van der Waals surface area contributed by atoms with Crippen LogP contribution in [0.1, 0.15) is 41.5 Å². The lowest BCUT2D eigenvalue weighted by molar-refractivity contribution is 0.461. The quantitative estimate of drug-likeness (QED) is 0.411. The number of rotatable bonds is 4. The molecule has 0 atom stereocenters. The summed E-state index contributed by atoms with van der Waals surface area (Å²) in [5.74, 6) is -5.05. The zero-order chi connectivity index (χ0) is 15.8. The topological polar surface area (TPSA) is 0 Å². The van der Waals surface area contributed by atoms with Gasteiger partial charge < -0.3 is 0 Å². The molecule has 1 rings (SSSR count). The van der Waals surface area contributed by atoms with Gasteiger partial charge in [-0.3, -0.25) is 0 Å². The van der Waals surface area contributed by atoms with E-state index in [1.807, 2.05) is 41.5 Å². The average Bonchev–Trinajstić information content (AvgIpc) is 2.30. The highest BCUT2D eigenvalue weighted by Crippen LogP contribution is 2.42. The molecule has 1 aromatic carbocycles. The molecule has 0 nitrogen and oxygen atoms in total. The highest BCUT2D eigenvalue weighted by atomic mass is 28.3. The minimum absolute atomic E-state index is 0.0345. The first-order valence-electron chi connectivity index (χ1n) is 6.91. The monoisotopic (exact) mass is 306 g/mol. The normalized spacial score (nSPS) is 12.8. The van der Waals surface area contributed by atoms with E-state index in [2.05, 4.69) is 0 Å². The largest absolute Gasteiger partial charge is 0.204 e. The number of benzene rings is 1. The molecule has 0 bridgehead atoms. The van der Waals surface area contributed by atoms with Crippen LogP contribution in [0.15, 0.2) is 6.07 Å². The summed E-state index contributed by atoms with van der Waals surface area (Å²) >= 11 is 0. The van der Waals surface area contributed by atoms with E-state index < -0.39 is 31.3 Å². The van der Waals surface area contributed by atoms with Crippen LogP contribution in [0.2, 0.25) is 16.6 Å². The Bertz CT molecular complexity index is 447. The lowest BCUT2D eigenvalue weighted by Gasteiger charge is -2.43.